The van der Waals surface area contributed by atoms with Crippen LogP contribution in [0.4, 0.5) is 0 Å². The van der Waals surface area contributed by atoms with Crippen LogP contribution in [0.3, 0.4) is 0 Å². The number of nitrogens with zero attached hydrogens (tertiary/aromatic N) is 2. The third-order valence-electron chi connectivity index (χ3n) is 6.97. The van der Waals surface area contributed by atoms with Crippen LogP contribution in [0.2, 0.25) is 0 Å². The Balaban J connectivity index is 2.06. The van der Waals surface area contributed by atoms with Crippen molar-refractivity contribution in [3.8, 4) is 0 Å². The molecule has 1 amide bonds. The maximum absolute atomic E-state index is 11.5. The molecule has 0 aromatic heterocycles. The molecule has 0 saturated carbocycles. The van der Waals surface area contributed by atoms with E-state index in [4.69, 9.17) is 4.99 Å². The molecule has 1 heterocycles. The molecule has 180 valence electrons. The van der Waals surface area contributed by atoms with Crippen molar-refractivity contribution >= 4 is 11.7 Å². The Bertz CT molecular complexity index is 529. The van der Waals surface area contributed by atoms with Crippen LogP contribution in [0.1, 0.15) is 124 Å². The van der Waals surface area contributed by atoms with Crippen LogP contribution in [0.25, 0.3) is 0 Å². The summed E-state index contributed by atoms with van der Waals surface area (Å²) < 4.78 is 0.808. The van der Waals surface area contributed by atoms with E-state index in [-0.39, 0.29) is 12.1 Å². The first-order valence-corrected chi connectivity index (χ1v) is 13.4. The van der Waals surface area contributed by atoms with Gasteiger partial charge < -0.3 is 5.32 Å². The largest absolute Gasteiger partial charge is 0.307 e. The van der Waals surface area contributed by atoms with E-state index in [1.165, 1.54) is 95.7 Å². The molecule has 1 rings (SSSR count). The fourth-order valence-electron chi connectivity index (χ4n) is 4.91. The predicted octanol–water partition coefficient (Wildman–Crippen LogP) is 7.14. The monoisotopic (exact) mass is 434 g/mol. The van der Waals surface area contributed by atoms with Crippen LogP contribution >= 0.6 is 0 Å². The summed E-state index contributed by atoms with van der Waals surface area (Å²) in [6, 6.07) is 0. The summed E-state index contributed by atoms with van der Waals surface area (Å²) in [6.45, 7) is 11.1. The molecule has 0 radical (unpaired) electrons. The number of likely N-dealkylation sites (N-methyl/N-ethyl adjacent to an activating group) is 1. The number of amides is 1. The lowest BCUT2D eigenvalue weighted by molar-refractivity contribution is -0.861. The van der Waals surface area contributed by atoms with Crippen molar-refractivity contribution < 1.29 is 9.28 Å². The van der Waals surface area contributed by atoms with Crippen molar-refractivity contribution in [3.63, 3.8) is 0 Å². The second kappa shape index (κ2) is 17.4. The Kier molecular flexibility index (Phi) is 15.6. The van der Waals surface area contributed by atoms with Crippen molar-refractivity contribution in [3.05, 3.63) is 12.2 Å². The van der Waals surface area contributed by atoms with Crippen molar-refractivity contribution in [2.45, 2.75) is 130 Å². The Hall–Kier alpha value is -1.16. The lowest BCUT2D eigenvalue weighted by Gasteiger charge is -2.39. The summed E-state index contributed by atoms with van der Waals surface area (Å²) in [5.74, 6) is 1.27. The molecule has 0 bridgehead atoms. The minimum Gasteiger partial charge on any atom is -0.307 e. The van der Waals surface area contributed by atoms with Crippen LogP contribution in [0, 0.1) is 0 Å². The first-order chi connectivity index (χ1) is 15.1. The summed E-state index contributed by atoms with van der Waals surface area (Å²) in [5, 5.41) is 3.09. The van der Waals surface area contributed by atoms with Crippen LogP contribution in [0.15, 0.2) is 17.1 Å². The fraction of sp³-hybridized carbons (Fsp3) is 0.852. The van der Waals surface area contributed by atoms with E-state index in [9.17, 15) is 4.79 Å². The lowest BCUT2D eigenvalue weighted by Crippen LogP contribution is -2.62. The zero-order valence-corrected chi connectivity index (χ0v) is 21.3. The van der Waals surface area contributed by atoms with Gasteiger partial charge in [-0.1, -0.05) is 96.1 Å². The van der Waals surface area contributed by atoms with Crippen LogP contribution in [0.5, 0.6) is 0 Å². The Morgan fingerprint density at radius 3 is 2.00 bits per heavy atom. The highest BCUT2D eigenvalue weighted by molar-refractivity contribution is 5.79. The minimum absolute atomic E-state index is 0.0441. The van der Waals surface area contributed by atoms with E-state index < -0.39 is 0 Å². The maximum Gasteiger partial charge on any atom is 0.221 e. The number of nitrogens with one attached hydrogen (secondary N) is 1. The number of allylic oxidation sites excluding steroid dienone is 1. The van der Waals surface area contributed by atoms with Gasteiger partial charge in [0.2, 0.25) is 11.7 Å². The van der Waals surface area contributed by atoms with Crippen molar-refractivity contribution in [2.24, 2.45) is 4.99 Å². The number of carbonyl (C=O) groups is 1. The summed E-state index contributed by atoms with van der Waals surface area (Å²) >= 11 is 0. The SMILES string of the molecule is CCCCCCCCCCCCCCC/C=C/CC1=NCC[N+]1(CC)C(C)NC(C)=O. The van der Waals surface area contributed by atoms with Crippen LogP contribution < -0.4 is 5.32 Å². The molecule has 0 spiro atoms. The van der Waals surface area contributed by atoms with Gasteiger partial charge in [0.25, 0.3) is 0 Å². The molecule has 2 unspecified atom stereocenters. The van der Waals surface area contributed by atoms with Gasteiger partial charge in [0.15, 0.2) is 6.17 Å². The van der Waals surface area contributed by atoms with Crippen molar-refractivity contribution in [1.82, 2.24) is 5.32 Å². The third-order valence-corrected chi connectivity index (χ3v) is 6.97. The number of carbonyl (C=O) groups excluding carboxylic acids is 1. The molecule has 31 heavy (non-hydrogen) atoms. The first-order valence-electron chi connectivity index (χ1n) is 13.4. The van der Waals surface area contributed by atoms with E-state index in [0.717, 1.165) is 30.5 Å². The van der Waals surface area contributed by atoms with E-state index in [2.05, 4.69) is 38.2 Å². The van der Waals surface area contributed by atoms with Crippen molar-refractivity contribution in [1.29, 1.82) is 0 Å². The Morgan fingerprint density at radius 2 is 1.48 bits per heavy atom. The second-order valence-corrected chi connectivity index (χ2v) is 9.46. The van der Waals surface area contributed by atoms with E-state index in [1.54, 1.807) is 6.92 Å². The number of hydrogen-bond donors (Lipinski definition) is 1. The highest BCUT2D eigenvalue weighted by Gasteiger charge is 2.41. The third kappa shape index (κ3) is 11.3. The number of aliphatic imine (C=N–C) groups is 1. The van der Waals surface area contributed by atoms with Crippen LogP contribution in [-0.2, 0) is 4.79 Å². The lowest BCUT2D eigenvalue weighted by atomic mass is 10.0. The quantitative estimate of drug-likeness (QED) is 0.131. The average molecular weight is 435 g/mol. The number of rotatable bonds is 19. The molecule has 0 saturated heterocycles. The summed E-state index contributed by atoms with van der Waals surface area (Å²) in [4.78, 5) is 16.3. The predicted molar refractivity (Wildman–Crippen MR) is 135 cm³/mol. The van der Waals surface area contributed by atoms with Gasteiger partial charge in [0, 0.05) is 13.8 Å². The highest BCUT2D eigenvalue weighted by Crippen LogP contribution is 2.22. The molecule has 4 heteroatoms. The average Bonchev–Trinajstić information content (AvgIpc) is 3.17. The zero-order valence-electron chi connectivity index (χ0n) is 21.3. The second-order valence-electron chi connectivity index (χ2n) is 9.46. The van der Waals surface area contributed by atoms with E-state index in [1.807, 2.05) is 0 Å². The molecule has 0 aromatic carbocycles. The number of amidine groups is 1. The molecule has 1 aliphatic rings. The molecule has 0 aliphatic carbocycles. The van der Waals surface area contributed by atoms with E-state index >= 15 is 0 Å². The summed E-state index contributed by atoms with van der Waals surface area (Å²) in [5.41, 5.74) is 0. The van der Waals surface area contributed by atoms with Gasteiger partial charge in [-0.3, -0.25) is 9.28 Å². The molecular weight excluding hydrogens is 382 g/mol. The van der Waals surface area contributed by atoms with Crippen LogP contribution in [-0.4, -0.2) is 42.0 Å². The number of quaternary nitrogens is 1. The minimum atomic E-state index is 0.0441. The van der Waals surface area contributed by atoms with Gasteiger partial charge in [-0.05, 0) is 19.8 Å². The fourth-order valence-corrected chi connectivity index (χ4v) is 4.91. The summed E-state index contributed by atoms with van der Waals surface area (Å²) in [6.07, 6.45) is 25.1. The highest BCUT2D eigenvalue weighted by atomic mass is 16.1. The Labute approximate surface area is 193 Å². The normalized spacial score (nSPS) is 19.7. The maximum atomic E-state index is 11.5. The summed E-state index contributed by atoms with van der Waals surface area (Å²) in [7, 11) is 0. The van der Waals surface area contributed by atoms with Crippen molar-refractivity contribution in [2.75, 3.05) is 19.6 Å². The van der Waals surface area contributed by atoms with E-state index in [0.29, 0.717) is 0 Å². The molecule has 1 N–H and O–H groups in total. The smallest absolute Gasteiger partial charge is 0.221 e. The number of unbranched alkanes of at least 4 members (excludes halogenated alkanes) is 13. The molecule has 0 aromatic rings. The molecule has 0 fully saturated rings. The van der Waals surface area contributed by atoms with Gasteiger partial charge in [0.1, 0.15) is 6.54 Å². The molecule has 2 atom stereocenters. The van der Waals surface area contributed by atoms with Gasteiger partial charge in [-0.25, -0.2) is 4.99 Å². The topological polar surface area (TPSA) is 41.5 Å². The van der Waals surface area contributed by atoms with Gasteiger partial charge >= 0.3 is 0 Å². The molecule has 1 aliphatic heterocycles. The molecule has 4 nitrogen and oxygen atoms in total. The van der Waals surface area contributed by atoms with Gasteiger partial charge in [0.05, 0.1) is 19.5 Å². The standard InChI is InChI=1S/C27H51N3O/c1-5-7-8-9-10-11-12-13-14-15-16-17-18-19-20-21-22-27-28-23-24-30(27,6-2)25(3)29-26(4)31/h20-21,25H,5-19,22-24H2,1-4H3/p+1/b21-20+. The zero-order chi connectivity index (χ0) is 22.8. The molecular formula is C27H52N3O+. The Morgan fingerprint density at radius 1 is 0.935 bits per heavy atom. The number of hydrogen-bond acceptors (Lipinski definition) is 2. The van der Waals surface area contributed by atoms with Gasteiger partial charge in [-0.15, -0.1) is 0 Å². The van der Waals surface area contributed by atoms with Gasteiger partial charge in [-0.2, -0.15) is 0 Å². The first kappa shape index (κ1) is 27.9.